The fourth-order valence-electron chi connectivity index (χ4n) is 5.34. The van der Waals surface area contributed by atoms with Gasteiger partial charge in [0.05, 0.1) is 17.6 Å². The van der Waals surface area contributed by atoms with Crippen LogP contribution in [-0.2, 0) is 11.3 Å². The second kappa shape index (κ2) is 10.8. The zero-order valence-electron chi connectivity index (χ0n) is 20.8. The smallest absolute Gasteiger partial charge is 0.297 e. The van der Waals surface area contributed by atoms with Crippen LogP contribution in [0.1, 0.15) is 50.6 Å². The van der Waals surface area contributed by atoms with Crippen molar-refractivity contribution in [3.8, 4) is 6.01 Å². The summed E-state index contributed by atoms with van der Waals surface area (Å²) in [5.74, 6) is 0.319. The Morgan fingerprint density at radius 1 is 1.11 bits per heavy atom. The number of anilines is 1. The maximum Gasteiger partial charge on any atom is 0.297 e. The van der Waals surface area contributed by atoms with E-state index >= 15 is 0 Å². The van der Waals surface area contributed by atoms with Crippen molar-refractivity contribution >= 4 is 22.9 Å². The van der Waals surface area contributed by atoms with Crippen molar-refractivity contribution in [2.24, 2.45) is 5.92 Å². The van der Waals surface area contributed by atoms with Crippen LogP contribution in [-0.4, -0.2) is 68.0 Å². The van der Waals surface area contributed by atoms with Crippen LogP contribution in [0.4, 0.5) is 10.3 Å². The van der Waals surface area contributed by atoms with Crippen LogP contribution < -0.4 is 10.5 Å². The average Bonchev–Trinajstić information content (AvgIpc) is 3.26. The molecule has 2 aliphatic rings. The van der Waals surface area contributed by atoms with Gasteiger partial charge in [-0.2, -0.15) is 4.98 Å². The van der Waals surface area contributed by atoms with E-state index in [0.717, 1.165) is 62.8 Å². The maximum atomic E-state index is 13.8. The van der Waals surface area contributed by atoms with Crippen molar-refractivity contribution in [2.75, 3.05) is 38.5 Å². The monoisotopic (exact) mass is 495 g/mol. The topological polar surface area (TPSA) is 102 Å². The first-order valence-electron chi connectivity index (χ1n) is 12.9. The fraction of sp³-hybridized carbons (Fsp3) is 0.538. The molecule has 2 aliphatic heterocycles. The van der Waals surface area contributed by atoms with Gasteiger partial charge in [0.2, 0.25) is 11.9 Å². The molecule has 2 fully saturated rings. The molecule has 0 aliphatic carbocycles. The fourth-order valence-corrected chi connectivity index (χ4v) is 5.34. The van der Waals surface area contributed by atoms with Gasteiger partial charge in [0.15, 0.2) is 0 Å². The molecule has 10 heteroatoms. The van der Waals surface area contributed by atoms with E-state index in [0.29, 0.717) is 31.2 Å². The number of nitrogens with zero attached hydrogens (tertiary/aromatic N) is 6. The second-order valence-electron chi connectivity index (χ2n) is 9.80. The minimum absolute atomic E-state index is 0.0703. The molecule has 2 saturated heterocycles. The van der Waals surface area contributed by atoms with E-state index in [9.17, 15) is 9.18 Å². The number of hydrogen-bond donors (Lipinski definition) is 1. The lowest BCUT2D eigenvalue weighted by molar-refractivity contribution is -0.138. The van der Waals surface area contributed by atoms with Gasteiger partial charge in [-0.25, -0.2) is 14.4 Å². The third kappa shape index (κ3) is 5.28. The molecule has 4 heterocycles. The summed E-state index contributed by atoms with van der Waals surface area (Å²) >= 11 is 0. The number of nitrogen functional groups attached to an aromatic ring is 1. The number of rotatable bonds is 7. The summed E-state index contributed by atoms with van der Waals surface area (Å²) in [5.41, 5.74) is 8.10. The quantitative estimate of drug-likeness (QED) is 0.536. The highest BCUT2D eigenvalue weighted by molar-refractivity contribution is 5.79. The number of hydrogen-bond acceptors (Lipinski definition) is 7. The Hall–Kier alpha value is -3.27. The maximum absolute atomic E-state index is 13.8. The molecule has 192 valence electrons. The highest BCUT2D eigenvalue weighted by atomic mass is 19.1. The van der Waals surface area contributed by atoms with E-state index in [-0.39, 0.29) is 29.6 Å². The van der Waals surface area contributed by atoms with Gasteiger partial charge in [0.25, 0.3) is 6.01 Å². The number of benzene rings is 1. The molecule has 3 aromatic rings. The lowest BCUT2D eigenvalue weighted by atomic mass is 9.93. The minimum Gasteiger partial charge on any atom is -0.465 e. The summed E-state index contributed by atoms with van der Waals surface area (Å²) < 4.78 is 21.8. The number of likely N-dealkylation sites (tertiary alicyclic amines) is 2. The molecule has 2 aromatic heterocycles. The lowest BCUT2D eigenvalue weighted by Crippen LogP contribution is -2.45. The Bertz CT molecular complexity index is 1180. The van der Waals surface area contributed by atoms with Crippen molar-refractivity contribution in [2.45, 2.75) is 51.6 Å². The Labute approximate surface area is 210 Å². The first-order chi connectivity index (χ1) is 17.5. The molecule has 9 nitrogen and oxygen atoms in total. The molecule has 1 amide bonds. The van der Waals surface area contributed by atoms with E-state index in [1.54, 1.807) is 18.5 Å². The zero-order chi connectivity index (χ0) is 25.1. The van der Waals surface area contributed by atoms with E-state index in [2.05, 4.69) is 24.4 Å². The van der Waals surface area contributed by atoms with Crippen molar-refractivity contribution in [3.05, 3.63) is 42.0 Å². The third-order valence-electron chi connectivity index (χ3n) is 7.26. The van der Waals surface area contributed by atoms with E-state index in [1.165, 1.54) is 12.1 Å². The zero-order valence-corrected chi connectivity index (χ0v) is 20.8. The molecule has 36 heavy (non-hydrogen) atoms. The van der Waals surface area contributed by atoms with Crippen LogP contribution in [0.5, 0.6) is 6.01 Å². The lowest BCUT2D eigenvalue weighted by Gasteiger charge is -2.37. The number of aromatic nitrogens is 4. The van der Waals surface area contributed by atoms with Crippen LogP contribution in [0.2, 0.25) is 0 Å². The number of nitrogens with two attached hydrogens (primary N) is 1. The predicted octanol–water partition coefficient (Wildman–Crippen LogP) is 3.41. The highest BCUT2D eigenvalue weighted by Crippen LogP contribution is 2.33. The number of amides is 1. The van der Waals surface area contributed by atoms with Gasteiger partial charge in [0, 0.05) is 55.6 Å². The number of halogens is 1. The Kier molecular flexibility index (Phi) is 7.31. The third-order valence-corrected chi connectivity index (χ3v) is 7.26. The van der Waals surface area contributed by atoms with Crippen molar-refractivity contribution in [1.82, 2.24) is 29.3 Å². The number of imidazole rings is 1. The van der Waals surface area contributed by atoms with E-state index in [4.69, 9.17) is 10.5 Å². The average molecular weight is 496 g/mol. The Morgan fingerprint density at radius 3 is 2.53 bits per heavy atom. The molecule has 0 atom stereocenters. The number of fused-ring (bicyclic) bond motifs is 1. The molecule has 0 radical (unpaired) electrons. The van der Waals surface area contributed by atoms with Gasteiger partial charge >= 0.3 is 0 Å². The van der Waals surface area contributed by atoms with Gasteiger partial charge < -0.3 is 15.4 Å². The second-order valence-corrected chi connectivity index (χ2v) is 9.80. The first kappa shape index (κ1) is 24.4. The van der Waals surface area contributed by atoms with Crippen molar-refractivity contribution in [1.29, 1.82) is 0 Å². The van der Waals surface area contributed by atoms with E-state index < -0.39 is 0 Å². The standard InChI is InChI=1S/C26H34FN7O2/c1-2-13-36-26-31-22-14-20(27)3-4-23(22)34(26)21-7-11-33(12-8-21)24(35)19-5-9-32(10-6-19)17-18-15-29-25(28)30-16-18/h3-4,14-16,19,21H,2,5-13,17H2,1H3,(H2,28,29,30). The van der Waals surface area contributed by atoms with Crippen LogP contribution in [0.25, 0.3) is 11.0 Å². The first-order valence-corrected chi connectivity index (χ1v) is 12.9. The number of carbonyl (C=O) groups is 1. The molecule has 2 N–H and O–H groups in total. The number of ether oxygens (including phenoxy) is 1. The summed E-state index contributed by atoms with van der Waals surface area (Å²) in [5, 5.41) is 0. The summed E-state index contributed by atoms with van der Waals surface area (Å²) in [6, 6.07) is 5.41. The van der Waals surface area contributed by atoms with Gasteiger partial charge in [-0.15, -0.1) is 0 Å². The summed E-state index contributed by atoms with van der Waals surface area (Å²) in [6.45, 7) is 6.57. The van der Waals surface area contributed by atoms with Crippen LogP contribution in [0.15, 0.2) is 30.6 Å². The summed E-state index contributed by atoms with van der Waals surface area (Å²) in [4.78, 5) is 30.3. The predicted molar refractivity (Wildman–Crippen MR) is 135 cm³/mol. The van der Waals surface area contributed by atoms with Gasteiger partial charge in [0.1, 0.15) is 5.82 Å². The summed E-state index contributed by atoms with van der Waals surface area (Å²) in [6.07, 6.45) is 7.78. The van der Waals surface area contributed by atoms with Crippen molar-refractivity contribution in [3.63, 3.8) is 0 Å². The molecule has 0 unspecified atom stereocenters. The van der Waals surface area contributed by atoms with E-state index in [1.807, 2.05) is 11.8 Å². The van der Waals surface area contributed by atoms with Crippen LogP contribution in [0.3, 0.4) is 0 Å². The van der Waals surface area contributed by atoms with Gasteiger partial charge in [-0.1, -0.05) is 6.92 Å². The highest BCUT2D eigenvalue weighted by Gasteiger charge is 2.32. The van der Waals surface area contributed by atoms with Crippen molar-refractivity contribution < 1.29 is 13.9 Å². The molecule has 0 spiro atoms. The normalized spacial score (nSPS) is 18.1. The molecule has 1 aromatic carbocycles. The summed E-state index contributed by atoms with van der Waals surface area (Å²) in [7, 11) is 0. The molecular weight excluding hydrogens is 461 g/mol. The van der Waals surface area contributed by atoms with Gasteiger partial charge in [-0.05, 0) is 57.3 Å². The Morgan fingerprint density at radius 2 is 1.83 bits per heavy atom. The molecular formula is C26H34FN7O2. The SMILES string of the molecule is CCCOc1nc2cc(F)ccc2n1C1CCN(C(=O)C2CCN(Cc3cnc(N)nc3)CC2)CC1. The Balaban J connectivity index is 1.17. The van der Waals surface area contributed by atoms with Crippen LogP contribution in [0, 0.1) is 11.7 Å². The minimum atomic E-state index is -0.303. The molecule has 0 bridgehead atoms. The molecule has 0 saturated carbocycles. The number of carbonyl (C=O) groups excluding carboxylic acids is 1. The van der Waals surface area contributed by atoms with Crippen LogP contribution >= 0.6 is 0 Å². The van der Waals surface area contributed by atoms with Gasteiger partial charge in [-0.3, -0.25) is 14.3 Å². The largest absolute Gasteiger partial charge is 0.465 e. The molecule has 5 rings (SSSR count). The number of piperidine rings is 2.